The summed E-state index contributed by atoms with van der Waals surface area (Å²) in [4.78, 5) is 36.7. The van der Waals surface area contributed by atoms with Crippen LogP contribution in [0.25, 0.3) is 0 Å². The summed E-state index contributed by atoms with van der Waals surface area (Å²) in [7, 11) is 0. The zero-order chi connectivity index (χ0) is 16.4. The second kappa shape index (κ2) is 6.20. The van der Waals surface area contributed by atoms with E-state index in [4.69, 9.17) is 0 Å². The van der Waals surface area contributed by atoms with Gasteiger partial charge in [0.25, 0.3) is 5.91 Å². The summed E-state index contributed by atoms with van der Waals surface area (Å²) in [6, 6.07) is 9.36. The van der Waals surface area contributed by atoms with Crippen molar-refractivity contribution in [3.8, 4) is 0 Å². The van der Waals surface area contributed by atoms with Crippen molar-refractivity contribution >= 4 is 23.5 Å². The van der Waals surface area contributed by atoms with E-state index in [0.29, 0.717) is 6.54 Å². The molecule has 1 aromatic carbocycles. The number of benzene rings is 1. The van der Waals surface area contributed by atoms with Crippen LogP contribution in [0.2, 0.25) is 0 Å². The summed E-state index contributed by atoms with van der Waals surface area (Å²) in [6.07, 6.45) is 0.512. The van der Waals surface area contributed by atoms with E-state index < -0.39 is 11.9 Å². The first-order valence-electron chi connectivity index (χ1n) is 7.48. The summed E-state index contributed by atoms with van der Waals surface area (Å²) < 4.78 is 0. The largest absolute Gasteiger partial charge is 0.481 e. The monoisotopic (exact) mass is 315 g/mol. The van der Waals surface area contributed by atoms with Gasteiger partial charge in [-0.15, -0.1) is 0 Å². The number of nitrogens with zero attached hydrogens (tertiary/aromatic N) is 2. The van der Waals surface area contributed by atoms with Crippen LogP contribution in [-0.4, -0.2) is 46.6 Å². The molecule has 2 aliphatic heterocycles. The van der Waals surface area contributed by atoms with Gasteiger partial charge in [0.1, 0.15) is 5.71 Å². The Labute approximate surface area is 133 Å². The zero-order valence-corrected chi connectivity index (χ0v) is 12.4. The lowest BCUT2D eigenvalue weighted by molar-refractivity contribution is -0.141. The first kappa shape index (κ1) is 15.2. The number of carbonyl (C=O) groups excluding carboxylic acids is 2. The highest BCUT2D eigenvalue weighted by Crippen LogP contribution is 2.33. The van der Waals surface area contributed by atoms with Crippen molar-refractivity contribution in [2.75, 3.05) is 13.1 Å². The minimum absolute atomic E-state index is 0.153. The van der Waals surface area contributed by atoms with E-state index in [1.165, 1.54) is 4.90 Å². The average molecular weight is 315 g/mol. The molecule has 2 aliphatic rings. The maximum Gasteiger partial charge on any atom is 0.308 e. The molecule has 2 heterocycles. The molecule has 1 aromatic rings. The van der Waals surface area contributed by atoms with Crippen molar-refractivity contribution in [1.29, 1.82) is 0 Å². The van der Waals surface area contributed by atoms with Crippen molar-refractivity contribution in [3.63, 3.8) is 0 Å². The van der Waals surface area contributed by atoms with Crippen molar-refractivity contribution in [2.45, 2.75) is 18.8 Å². The normalized spacial score (nSPS) is 24.1. The highest BCUT2D eigenvalue weighted by atomic mass is 16.4. The molecule has 23 heavy (non-hydrogen) atoms. The molecule has 120 valence electrons. The second-order valence-corrected chi connectivity index (χ2v) is 5.77. The molecule has 7 nitrogen and oxygen atoms in total. The van der Waals surface area contributed by atoms with Gasteiger partial charge in [-0.2, -0.15) is 5.10 Å². The Morgan fingerprint density at radius 2 is 1.91 bits per heavy atom. The van der Waals surface area contributed by atoms with Gasteiger partial charge in [-0.05, 0) is 5.56 Å². The molecule has 0 bridgehead atoms. The maximum absolute atomic E-state index is 12.5. The van der Waals surface area contributed by atoms with Gasteiger partial charge < -0.3 is 10.0 Å². The fraction of sp³-hybridized carbons (Fsp3) is 0.375. The summed E-state index contributed by atoms with van der Waals surface area (Å²) in [5.41, 5.74) is 3.49. The van der Waals surface area contributed by atoms with Crippen molar-refractivity contribution in [1.82, 2.24) is 10.3 Å². The van der Waals surface area contributed by atoms with E-state index >= 15 is 0 Å². The van der Waals surface area contributed by atoms with Crippen LogP contribution < -0.4 is 5.43 Å². The highest BCUT2D eigenvalue weighted by molar-refractivity contribution is 6.39. The molecule has 2 N–H and O–H groups in total. The number of hydrogen-bond acceptors (Lipinski definition) is 4. The average Bonchev–Trinajstić information content (AvgIpc) is 3.01. The number of hydrogen-bond donors (Lipinski definition) is 2. The van der Waals surface area contributed by atoms with Crippen LogP contribution in [0.15, 0.2) is 35.4 Å². The van der Waals surface area contributed by atoms with Gasteiger partial charge >= 0.3 is 5.97 Å². The Morgan fingerprint density at radius 1 is 1.17 bits per heavy atom. The molecular formula is C16H17N3O4. The lowest BCUT2D eigenvalue weighted by Gasteiger charge is -2.19. The predicted molar refractivity (Wildman–Crippen MR) is 81.7 cm³/mol. The number of carboxylic acid groups (broad SMARTS) is 1. The number of likely N-dealkylation sites (tertiary alicyclic amines) is 1. The van der Waals surface area contributed by atoms with Gasteiger partial charge in [-0.25, -0.2) is 5.43 Å². The molecule has 0 radical (unpaired) electrons. The topological polar surface area (TPSA) is 99.1 Å². The lowest BCUT2D eigenvalue weighted by atomic mass is 9.89. The smallest absolute Gasteiger partial charge is 0.308 e. The van der Waals surface area contributed by atoms with Gasteiger partial charge in [0, 0.05) is 31.8 Å². The first-order valence-corrected chi connectivity index (χ1v) is 7.48. The third kappa shape index (κ3) is 3.08. The Hall–Kier alpha value is -2.70. The molecule has 0 unspecified atom stereocenters. The Morgan fingerprint density at radius 3 is 2.52 bits per heavy atom. The van der Waals surface area contributed by atoms with Gasteiger partial charge in [0.15, 0.2) is 0 Å². The molecule has 2 atom stereocenters. The molecule has 2 amide bonds. The van der Waals surface area contributed by atoms with Gasteiger partial charge in [0.05, 0.1) is 5.92 Å². The molecule has 0 aromatic heterocycles. The molecule has 1 fully saturated rings. The van der Waals surface area contributed by atoms with Crippen LogP contribution in [0.4, 0.5) is 0 Å². The van der Waals surface area contributed by atoms with Crippen LogP contribution in [0.1, 0.15) is 24.3 Å². The molecule has 1 saturated heterocycles. The van der Waals surface area contributed by atoms with E-state index in [2.05, 4.69) is 10.5 Å². The number of carbonyl (C=O) groups is 3. The standard InChI is InChI=1S/C16H17N3O4/c20-14-7-6-13(17-18-14)15(21)19-8-11(12(9-19)16(22)23)10-4-2-1-3-5-10/h1-5,11-12H,6-9H2,(H,18,20)(H,22,23)/t11-,12+/m0/s1. The van der Waals surface area contributed by atoms with Crippen molar-refractivity contribution in [2.24, 2.45) is 11.0 Å². The quantitative estimate of drug-likeness (QED) is 0.852. The SMILES string of the molecule is O=C1CCC(C(=O)N2C[C@@H](C(=O)O)[C@H](c3ccccc3)C2)=NN1. The first-order chi connectivity index (χ1) is 11.1. The van der Waals surface area contributed by atoms with Crippen LogP contribution in [0.5, 0.6) is 0 Å². The highest BCUT2D eigenvalue weighted by Gasteiger charge is 2.41. The van der Waals surface area contributed by atoms with Gasteiger partial charge in [-0.3, -0.25) is 14.4 Å². The van der Waals surface area contributed by atoms with E-state index in [-0.39, 0.29) is 42.8 Å². The summed E-state index contributed by atoms with van der Waals surface area (Å²) in [6.45, 7) is 0.494. The predicted octanol–water partition coefficient (Wildman–Crippen LogP) is 0.579. The lowest BCUT2D eigenvalue weighted by Crippen LogP contribution is -2.39. The maximum atomic E-state index is 12.5. The number of nitrogens with one attached hydrogen (secondary N) is 1. The number of carboxylic acids is 1. The van der Waals surface area contributed by atoms with E-state index in [9.17, 15) is 19.5 Å². The minimum atomic E-state index is -0.909. The Balaban J connectivity index is 1.79. The van der Waals surface area contributed by atoms with Crippen LogP contribution in [0, 0.1) is 5.92 Å². The van der Waals surface area contributed by atoms with E-state index in [1.807, 2.05) is 30.3 Å². The molecule has 0 spiro atoms. The second-order valence-electron chi connectivity index (χ2n) is 5.77. The number of rotatable bonds is 3. The summed E-state index contributed by atoms with van der Waals surface area (Å²) in [5.74, 6) is -2.30. The molecule has 0 saturated carbocycles. The summed E-state index contributed by atoms with van der Waals surface area (Å²) >= 11 is 0. The van der Waals surface area contributed by atoms with Crippen molar-refractivity contribution in [3.05, 3.63) is 35.9 Å². The van der Waals surface area contributed by atoms with E-state index in [1.54, 1.807) is 0 Å². The van der Waals surface area contributed by atoms with Crippen LogP contribution in [-0.2, 0) is 14.4 Å². The molecule has 3 rings (SSSR count). The number of amides is 2. The minimum Gasteiger partial charge on any atom is -0.481 e. The zero-order valence-electron chi connectivity index (χ0n) is 12.4. The fourth-order valence-corrected chi connectivity index (χ4v) is 3.07. The fourth-order valence-electron chi connectivity index (χ4n) is 3.07. The third-order valence-electron chi connectivity index (χ3n) is 4.30. The van der Waals surface area contributed by atoms with Crippen LogP contribution >= 0.6 is 0 Å². The molecule has 7 heteroatoms. The third-order valence-corrected chi connectivity index (χ3v) is 4.30. The van der Waals surface area contributed by atoms with E-state index in [0.717, 1.165) is 5.56 Å². The molecular weight excluding hydrogens is 298 g/mol. The Kier molecular flexibility index (Phi) is 4.10. The summed E-state index contributed by atoms with van der Waals surface area (Å²) in [5, 5.41) is 13.3. The van der Waals surface area contributed by atoms with Gasteiger partial charge in [-0.1, -0.05) is 30.3 Å². The number of aliphatic carboxylic acids is 1. The number of hydrazone groups is 1. The van der Waals surface area contributed by atoms with Crippen molar-refractivity contribution < 1.29 is 19.5 Å². The van der Waals surface area contributed by atoms with Gasteiger partial charge in [0.2, 0.25) is 5.91 Å². The molecule has 0 aliphatic carbocycles. The Bertz CT molecular complexity index is 671. The van der Waals surface area contributed by atoms with Crippen LogP contribution in [0.3, 0.4) is 0 Å².